The first-order valence-electron chi connectivity index (χ1n) is 6.36. The zero-order chi connectivity index (χ0) is 13.1. The highest BCUT2D eigenvalue weighted by Crippen LogP contribution is 2.37. The summed E-state index contributed by atoms with van der Waals surface area (Å²) < 4.78 is 0. The number of benzene rings is 2. The van der Waals surface area contributed by atoms with Crippen LogP contribution in [0.5, 0.6) is 0 Å². The van der Waals surface area contributed by atoms with Crippen molar-refractivity contribution < 1.29 is 0 Å². The van der Waals surface area contributed by atoms with E-state index in [-0.39, 0.29) is 36.1 Å². The molecule has 4 heteroatoms. The molecule has 0 amide bonds. The molecule has 0 fully saturated rings. The van der Waals surface area contributed by atoms with Gasteiger partial charge in [-0.15, -0.1) is 24.0 Å². The molecular formula is C16H17IN2S. The lowest BCUT2D eigenvalue weighted by Crippen LogP contribution is -2.22. The molecular weight excluding hydrogens is 379 g/mol. The van der Waals surface area contributed by atoms with Crippen molar-refractivity contribution in [3.63, 3.8) is 0 Å². The Morgan fingerprint density at radius 3 is 2.00 bits per heavy atom. The van der Waals surface area contributed by atoms with Crippen LogP contribution in [-0.4, -0.2) is 11.4 Å². The molecule has 0 saturated heterocycles. The van der Waals surface area contributed by atoms with Crippen molar-refractivity contribution in [2.45, 2.75) is 12.1 Å². The van der Waals surface area contributed by atoms with E-state index < -0.39 is 0 Å². The minimum absolute atomic E-state index is 0. The first kappa shape index (κ1) is 15.4. The minimum atomic E-state index is 0. The molecule has 2 aromatic carbocycles. The third-order valence-corrected chi connectivity index (χ3v) is 3.95. The van der Waals surface area contributed by atoms with Gasteiger partial charge in [0.05, 0.1) is 6.04 Å². The van der Waals surface area contributed by atoms with Crippen LogP contribution in [0.4, 0.5) is 0 Å². The van der Waals surface area contributed by atoms with Crippen LogP contribution in [0.3, 0.4) is 0 Å². The number of nitrogens with zero attached hydrogens (tertiary/aromatic N) is 1. The van der Waals surface area contributed by atoms with Gasteiger partial charge < -0.3 is 5.32 Å². The Morgan fingerprint density at radius 2 is 1.45 bits per heavy atom. The Bertz CT molecular complexity index is 572. The van der Waals surface area contributed by atoms with Crippen LogP contribution in [0.2, 0.25) is 0 Å². The summed E-state index contributed by atoms with van der Waals surface area (Å²) in [5.41, 5.74) is 2.54. The van der Waals surface area contributed by atoms with E-state index >= 15 is 0 Å². The van der Waals surface area contributed by atoms with Crippen LogP contribution in [0, 0.1) is 0 Å². The van der Waals surface area contributed by atoms with Crippen LogP contribution in [0.1, 0.15) is 23.2 Å². The number of amidine groups is 1. The molecule has 1 N–H and O–H groups in total. The highest BCUT2D eigenvalue weighted by atomic mass is 127. The second-order valence-corrected chi connectivity index (χ2v) is 5.32. The highest BCUT2D eigenvalue weighted by molar-refractivity contribution is 14.0. The molecule has 2 nitrogen and oxygen atoms in total. The fourth-order valence-corrected chi connectivity index (χ4v) is 2.87. The maximum atomic E-state index is 4.80. The molecule has 2 atom stereocenters. The topological polar surface area (TPSA) is 24.4 Å². The standard InChI is InChI=1S/C16H16N2S.HI/c1-19-16-17-14(12-8-4-2-5-9-12)15(18-16)13-10-6-3-7-11-13;/h2-11,14-15H,1H3,(H,17,18);1H/t14-,15+;. The Kier molecular flexibility index (Phi) is 5.48. The van der Waals surface area contributed by atoms with Gasteiger partial charge in [0, 0.05) is 0 Å². The van der Waals surface area contributed by atoms with Gasteiger partial charge in [-0.2, -0.15) is 0 Å². The number of halogens is 1. The number of thioether (sulfide) groups is 1. The van der Waals surface area contributed by atoms with E-state index in [9.17, 15) is 0 Å². The lowest BCUT2D eigenvalue weighted by atomic mass is 9.95. The molecule has 3 rings (SSSR count). The fraction of sp³-hybridized carbons (Fsp3) is 0.188. The van der Waals surface area contributed by atoms with E-state index in [1.165, 1.54) is 11.1 Å². The van der Waals surface area contributed by atoms with Gasteiger partial charge in [0.2, 0.25) is 0 Å². The summed E-state index contributed by atoms with van der Waals surface area (Å²) in [6, 6.07) is 21.4. The SMILES string of the molecule is CSC1=N[C@H](c2ccccc2)[C@H](c2ccccc2)N1.I. The molecule has 104 valence electrons. The second kappa shape index (κ2) is 7.13. The Morgan fingerprint density at radius 1 is 0.900 bits per heavy atom. The van der Waals surface area contributed by atoms with Crippen molar-refractivity contribution in [3.05, 3.63) is 71.8 Å². The van der Waals surface area contributed by atoms with E-state index in [0.717, 1.165) is 5.17 Å². The monoisotopic (exact) mass is 396 g/mol. The molecule has 0 spiro atoms. The van der Waals surface area contributed by atoms with E-state index in [1.54, 1.807) is 11.8 Å². The summed E-state index contributed by atoms with van der Waals surface area (Å²) in [4.78, 5) is 4.80. The minimum Gasteiger partial charge on any atom is -0.356 e. The van der Waals surface area contributed by atoms with Crippen LogP contribution in [-0.2, 0) is 0 Å². The average molecular weight is 396 g/mol. The normalized spacial score (nSPS) is 20.8. The maximum Gasteiger partial charge on any atom is 0.157 e. The summed E-state index contributed by atoms with van der Waals surface area (Å²) in [5, 5.41) is 4.53. The first-order valence-corrected chi connectivity index (χ1v) is 7.59. The van der Waals surface area contributed by atoms with Crippen molar-refractivity contribution in [1.29, 1.82) is 0 Å². The van der Waals surface area contributed by atoms with Gasteiger partial charge in [0.25, 0.3) is 0 Å². The third kappa shape index (κ3) is 3.17. The largest absolute Gasteiger partial charge is 0.356 e. The van der Waals surface area contributed by atoms with Crippen LogP contribution in [0.15, 0.2) is 65.7 Å². The van der Waals surface area contributed by atoms with Gasteiger partial charge in [0.1, 0.15) is 6.04 Å². The highest BCUT2D eigenvalue weighted by Gasteiger charge is 2.30. The Hall–Kier alpha value is -1.01. The number of rotatable bonds is 2. The van der Waals surface area contributed by atoms with Crippen LogP contribution >= 0.6 is 35.7 Å². The number of hydrogen-bond donors (Lipinski definition) is 1. The molecule has 0 aliphatic carbocycles. The summed E-state index contributed by atoms with van der Waals surface area (Å²) >= 11 is 1.67. The summed E-state index contributed by atoms with van der Waals surface area (Å²) in [5.74, 6) is 0. The molecule has 1 aliphatic rings. The van der Waals surface area contributed by atoms with E-state index in [0.29, 0.717) is 0 Å². The van der Waals surface area contributed by atoms with Crippen LogP contribution in [0.25, 0.3) is 0 Å². The molecule has 0 radical (unpaired) electrons. The molecule has 0 aromatic heterocycles. The molecule has 0 unspecified atom stereocenters. The molecule has 0 saturated carbocycles. The summed E-state index contributed by atoms with van der Waals surface area (Å²) in [6.07, 6.45) is 2.06. The third-order valence-electron chi connectivity index (χ3n) is 3.34. The van der Waals surface area contributed by atoms with Gasteiger partial charge in [-0.25, -0.2) is 0 Å². The molecule has 0 bridgehead atoms. The quantitative estimate of drug-likeness (QED) is 0.761. The fourth-order valence-electron chi connectivity index (χ4n) is 2.40. The van der Waals surface area contributed by atoms with E-state index in [4.69, 9.17) is 4.99 Å². The van der Waals surface area contributed by atoms with Gasteiger partial charge in [-0.1, -0.05) is 72.4 Å². The van der Waals surface area contributed by atoms with Crippen molar-refractivity contribution in [3.8, 4) is 0 Å². The Balaban J connectivity index is 0.00000147. The first-order chi connectivity index (χ1) is 9.38. The molecule has 2 aromatic rings. The molecule has 1 heterocycles. The predicted octanol–water partition coefficient (Wildman–Crippen LogP) is 4.41. The van der Waals surface area contributed by atoms with Gasteiger partial charge in [-0.3, -0.25) is 4.99 Å². The zero-order valence-electron chi connectivity index (χ0n) is 11.2. The maximum absolute atomic E-state index is 4.80. The number of hydrogen-bond acceptors (Lipinski definition) is 3. The number of nitrogens with one attached hydrogen (secondary N) is 1. The van der Waals surface area contributed by atoms with Gasteiger partial charge in [0.15, 0.2) is 5.17 Å². The lowest BCUT2D eigenvalue weighted by Gasteiger charge is -2.19. The zero-order valence-corrected chi connectivity index (χ0v) is 14.3. The summed E-state index contributed by atoms with van der Waals surface area (Å²) in [7, 11) is 0. The average Bonchev–Trinajstić information content (AvgIpc) is 2.93. The van der Waals surface area contributed by atoms with Gasteiger partial charge >= 0.3 is 0 Å². The van der Waals surface area contributed by atoms with E-state index in [1.807, 2.05) is 12.1 Å². The van der Waals surface area contributed by atoms with E-state index in [2.05, 4.69) is 60.1 Å². The van der Waals surface area contributed by atoms with Gasteiger partial charge in [-0.05, 0) is 17.4 Å². The van der Waals surface area contributed by atoms with Crippen molar-refractivity contribution in [2.75, 3.05) is 6.26 Å². The summed E-state index contributed by atoms with van der Waals surface area (Å²) in [6.45, 7) is 0. The van der Waals surface area contributed by atoms with Crippen molar-refractivity contribution >= 4 is 40.9 Å². The smallest absolute Gasteiger partial charge is 0.157 e. The Labute approximate surface area is 141 Å². The van der Waals surface area contributed by atoms with Crippen molar-refractivity contribution in [1.82, 2.24) is 5.32 Å². The second-order valence-electron chi connectivity index (χ2n) is 4.53. The lowest BCUT2D eigenvalue weighted by molar-refractivity contribution is 0.573. The molecule has 1 aliphatic heterocycles. The predicted molar refractivity (Wildman–Crippen MR) is 97.9 cm³/mol. The van der Waals surface area contributed by atoms with Crippen molar-refractivity contribution in [2.24, 2.45) is 4.99 Å². The molecule has 20 heavy (non-hydrogen) atoms. The number of aliphatic imine (C=N–C) groups is 1. The van der Waals surface area contributed by atoms with Crippen LogP contribution < -0.4 is 5.32 Å².